The number of aromatic nitrogens is 5. The summed E-state index contributed by atoms with van der Waals surface area (Å²) in [6, 6.07) is 0. The molecule has 2 heterocycles. The van der Waals surface area contributed by atoms with Crippen LogP contribution in [0.1, 0.15) is 0 Å². The number of rotatable bonds is 0. The second-order valence-corrected chi connectivity index (χ2v) is 2.18. The molecule has 0 saturated heterocycles. The summed E-state index contributed by atoms with van der Waals surface area (Å²) in [5.41, 5.74) is 1.41. The first-order valence-corrected chi connectivity index (χ1v) is 3.03. The molecule has 0 fully saturated rings. The van der Waals surface area contributed by atoms with E-state index in [9.17, 15) is 0 Å². The average Bonchev–Trinajstić information content (AvgIpc) is 2.36. The largest absolute Gasteiger partial charge is 0.266 e. The van der Waals surface area contributed by atoms with Crippen molar-refractivity contribution in [3.8, 4) is 0 Å². The zero-order chi connectivity index (χ0) is 6.97. The smallest absolute Gasteiger partial charge is 0.150 e. The monoisotopic (exact) mass is 153 g/mol. The van der Waals surface area contributed by atoms with E-state index in [1.165, 1.54) is 0 Å². The molecule has 2 aromatic rings. The van der Waals surface area contributed by atoms with Crippen molar-refractivity contribution in [1.82, 2.24) is 25.6 Å². The summed E-state index contributed by atoms with van der Waals surface area (Å²) in [5.74, 6) is 0. The SMILES string of the molecule is S=c1[nH]ncc2[nH]nnc12. The van der Waals surface area contributed by atoms with Gasteiger partial charge >= 0.3 is 0 Å². The Kier molecular flexibility index (Phi) is 1.01. The highest BCUT2D eigenvalue weighted by Crippen LogP contribution is 2.02. The Morgan fingerprint density at radius 3 is 3.10 bits per heavy atom. The maximum Gasteiger partial charge on any atom is 0.150 e. The predicted octanol–water partition coefficient (Wildman–Crippen LogP) is 0.410. The standard InChI is InChI=1S/C4H3N5S/c10-4-3-2(1-5-8-4)6-9-7-3/h1H,(H,8,10)(H,6,7,9). The lowest BCUT2D eigenvalue weighted by atomic mass is 10.5. The van der Waals surface area contributed by atoms with E-state index in [0.717, 1.165) is 5.52 Å². The van der Waals surface area contributed by atoms with Gasteiger partial charge in [0.25, 0.3) is 0 Å². The molecule has 0 aliphatic rings. The fraction of sp³-hybridized carbons (Fsp3) is 0. The van der Waals surface area contributed by atoms with Gasteiger partial charge in [-0.2, -0.15) is 5.10 Å². The molecule has 0 radical (unpaired) electrons. The lowest BCUT2D eigenvalue weighted by Gasteiger charge is -1.82. The first kappa shape index (κ1) is 5.48. The van der Waals surface area contributed by atoms with Crippen LogP contribution in [0.4, 0.5) is 0 Å². The third kappa shape index (κ3) is 0.623. The minimum absolute atomic E-state index is 0.506. The Labute approximate surface area is 60.5 Å². The van der Waals surface area contributed by atoms with Crippen molar-refractivity contribution in [3.63, 3.8) is 0 Å². The van der Waals surface area contributed by atoms with Crippen LogP contribution in [0.3, 0.4) is 0 Å². The molecule has 0 aromatic carbocycles. The molecule has 0 unspecified atom stereocenters. The number of nitrogens with one attached hydrogen (secondary N) is 2. The Morgan fingerprint density at radius 2 is 2.30 bits per heavy atom. The highest BCUT2D eigenvalue weighted by molar-refractivity contribution is 7.71. The van der Waals surface area contributed by atoms with Crippen LogP contribution in [0, 0.1) is 4.64 Å². The first-order chi connectivity index (χ1) is 4.88. The quantitative estimate of drug-likeness (QED) is 0.538. The lowest BCUT2D eigenvalue weighted by Crippen LogP contribution is -1.80. The summed E-state index contributed by atoms with van der Waals surface area (Å²) >= 11 is 4.87. The van der Waals surface area contributed by atoms with E-state index in [4.69, 9.17) is 12.2 Å². The number of aromatic amines is 2. The number of hydrogen-bond donors (Lipinski definition) is 2. The predicted molar refractivity (Wildman–Crippen MR) is 36.9 cm³/mol. The van der Waals surface area contributed by atoms with Gasteiger partial charge in [0, 0.05) is 0 Å². The van der Waals surface area contributed by atoms with E-state index in [1.807, 2.05) is 0 Å². The molecular formula is C4H3N5S. The van der Waals surface area contributed by atoms with Gasteiger partial charge in [-0.05, 0) is 0 Å². The highest BCUT2D eigenvalue weighted by Gasteiger charge is 1.96. The van der Waals surface area contributed by atoms with Gasteiger partial charge in [-0.15, -0.1) is 5.10 Å². The fourth-order valence-corrected chi connectivity index (χ4v) is 0.905. The van der Waals surface area contributed by atoms with Gasteiger partial charge in [-0.25, -0.2) is 0 Å². The second-order valence-electron chi connectivity index (χ2n) is 1.77. The van der Waals surface area contributed by atoms with Crippen molar-refractivity contribution in [2.24, 2.45) is 0 Å². The molecule has 0 bridgehead atoms. The van der Waals surface area contributed by atoms with Crippen LogP contribution in [0.15, 0.2) is 6.20 Å². The fourth-order valence-electron chi connectivity index (χ4n) is 0.702. The Balaban J connectivity index is 3.09. The molecule has 2 aromatic heterocycles. The van der Waals surface area contributed by atoms with Gasteiger partial charge in [0.15, 0.2) is 5.52 Å². The van der Waals surface area contributed by atoms with Crippen molar-refractivity contribution in [1.29, 1.82) is 0 Å². The molecule has 0 aliphatic carbocycles. The summed E-state index contributed by atoms with van der Waals surface area (Å²) in [6.45, 7) is 0. The molecule has 0 atom stereocenters. The lowest BCUT2D eigenvalue weighted by molar-refractivity contribution is 0.958. The van der Waals surface area contributed by atoms with Crippen LogP contribution in [0.25, 0.3) is 11.0 Å². The topological polar surface area (TPSA) is 70.2 Å². The minimum Gasteiger partial charge on any atom is -0.266 e. The van der Waals surface area contributed by atoms with Crippen molar-refractivity contribution in [2.75, 3.05) is 0 Å². The zero-order valence-electron chi connectivity index (χ0n) is 4.83. The third-order valence-corrected chi connectivity index (χ3v) is 1.44. The number of nitrogens with zero attached hydrogens (tertiary/aromatic N) is 3. The summed E-state index contributed by atoms with van der Waals surface area (Å²) in [7, 11) is 0. The van der Waals surface area contributed by atoms with Crippen LogP contribution in [0.2, 0.25) is 0 Å². The highest BCUT2D eigenvalue weighted by atomic mass is 32.1. The molecule has 0 saturated carbocycles. The first-order valence-electron chi connectivity index (χ1n) is 2.62. The summed E-state index contributed by atoms with van der Waals surface area (Å²) in [4.78, 5) is 0. The Bertz CT molecular complexity index is 401. The van der Waals surface area contributed by atoms with Gasteiger partial charge in [0.2, 0.25) is 0 Å². The van der Waals surface area contributed by atoms with Crippen LogP contribution in [0.5, 0.6) is 0 Å². The van der Waals surface area contributed by atoms with Gasteiger partial charge < -0.3 is 0 Å². The van der Waals surface area contributed by atoms with Crippen molar-refractivity contribution in [3.05, 3.63) is 10.8 Å². The normalized spacial score (nSPS) is 10.4. The van der Waals surface area contributed by atoms with E-state index in [-0.39, 0.29) is 0 Å². The molecule has 0 spiro atoms. The van der Waals surface area contributed by atoms with Crippen molar-refractivity contribution >= 4 is 23.3 Å². The molecule has 10 heavy (non-hydrogen) atoms. The summed E-state index contributed by atoms with van der Waals surface area (Å²) < 4.78 is 0.506. The number of hydrogen-bond acceptors (Lipinski definition) is 4. The second kappa shape index (κ2) is 1.84. The zero-order valence-corrected chi connectivity index (χ0v) is 5.64. The van der Waals surface area contributed by atoms with Crippen LogP contribution in [-0.4, -0.2) is 25.6 Å². The summed E-state index contributed by atoms with van der Waals surface area (Å²) in [5, 5.41) is 16.3. The van der Waals surface area contributed by atoms with E-state index in [2.05, 4.69) is 25.6 Å². The number of fused-ring (bicyclic) bond motifs is 1. The molecule has 2 rings (SSSR count). The maximum absolute atomic E-state index is 4.87. The third-order valence-electron chi connectivity index (χ3n) is 1.15. The van der Waals surface area contributed by atoms with Gasteiger partial charge in [0.1, 0.15) is 10.2 Å². The Morgan fingerprint density at radius 1 is 1.40 bits per heavy atom. The van der Waals surface area contributed by atoms with Gasteiger partial charge in [-0.1, -0.05) is 17.4 Å². The summed E-state index contributed by atoms with van der Waals surface area (Å²) in [6.07, 6.45) is 1.59. The van der Waals surface area contributed by atoms with E-state index in [1.54, 1.807) is 6.20 Å². The molecule has 6 heteroatoms. The minimum atomic E-state index is 0.506. The average molecular weight is 153 g/mol. The van der Waals surface area contributed by atoms with Crippen LogP contribution >= 0.6 is 12.2 Å². The van der Waals surface area contributed by atoms with Crippen molar-refractivity contribution < 1.29 is 0 Å². The molecule has 50 valence electrons. The van der Waals surface area contributed by atoms with E-state index in [0.29, 0.717) is 10.2 Å². The molecule has 0 amide bonds. The molecule has 2 N–H and O–H groups in total. The van der Waals surface area contributed by atoms with Gasteiger partial charge in [0.05, 0.1) is 6.20 Å². The maximum atomic E-state index is 4.87. The van der Waals surface area contributed by atoms with Gasteiger partial charge in [-0.3, -0.25) is 10.2 Å². The van der Waals surface area contributed by atoms with E-state index >= 15 is 0 Å². The molecule has 0 aliphatic heterocycles. The van der Waals surface area contributed by atoms with Crippen LogP contribution < -0.4 is 0 Å². The number of H-pyrrole nitrogens is 2. The van der Waals surface area contributed by atoms with E-state index < -0.39 is 0 Å². The van der Waals surface area contributed by atoms with Crippen LogP contribution in [-0.2, 0) is 0 Å². The Hall–Kier alpha value is -1.30. The van der Waals surface area contributed by atoms with Crippen molar-refractivity contribution in [2.45, 2.75) is 0 Å². The molecule has 5 nitrogen and oxygen atoms in total. The molecular weight excluding hydrogens is 150 g/mol.